The molecule has 0 heterocycles. The van der Waals surface area contributed by atoms with Crippen molar-refractivity contribution in [1.82, 2.24) is 0 Å². The molecule has 1 aliphatic carbocycles. The van der Waals surface area contributed by atoms with Gasteiger partial charge in [0.15, 0.2) is 0 Å². The van der Waals surface area contributed by atoms with Crippen LogP contribution in [0.5, 0.6) is 0 Å². The molecule has 1 heteroatoms. The van der Waals surface area contributed by atoms with Gasteiger partial charge in [0.25, 0.3) is 0 Å². The topological polar surface area (TPSA) is 20.2 Å². The van der Waals surface area contributed by atoms with E-state index in [0.717, 1.165) is 35.8 Å². The van der Waals surface area contributed by atoms with Crippen molar-refractivity contribution in [2.45, 2.75) is 24.9 Å². The first-order valence-corrected chi connectivity index (χ1v) is 10.4. The van der Waals surface area contributed by atoms with Crippen LogP contribution in [0.15, 0.2) is 91.0 Å². The van der Waals surface area contributed by atoms with Gasteiger partial charge in [-0.2, -0.15) is 0 Å². The van der Waals surface area contributed by atoms with Crippen LogP contribution in [0, 0.1) is 0 Å². The molecule has 6 rings (SSSR count). The van der Waals surface area contributed by atoms with Gasteiger partial charge in [0, 0.05) is 0 Å². The van der Waals surface area contributed by atoms with Crippen LogP contribution in [-0.4, -0.2) is 5.11 Å². The van der Waals surface area contributed by atoms with Crippen LogP contribution in [0.25, 0.3) is 32.3 Å². The Morgan fingerprint density at radius 1 is 0.586 bits per heavy atom. The number of benzene rings is 5. The predicted octanol–water partition coefficient (Wildman–Crippen LogP) is 6.72. The van der Waals surface area contributed by atoms with Gasteiger partial charge in [-0.05, 0) is 74.3 Å². The number of hydrogen-bond donors (Lipinski definition) is 1. The quantitative estimate of drug-likeness (QED) is 0.323. The molecule has 5 aromatic rings. The molecule has 0 fully saturated rings. The molecule has 0 spiro atoms. The first kappa shape index (κ1) is 16.8. The van der Waals surface area contributed by atoms with Gasteiger partial charge in [-0.3, -0.25) is 0 Å². The highest BCUT2D eigenvalue weighted by molar-refractivity contribution is 6.08. The lowest BCUT2D eigenvalue weighted by molar-refractivity contribution is 0.0633. The summed E-state index contributed by atoms with van der Waals surface area (Å²) in [6.07, 6.45) is 2.76. The molecule has 0 saturated heterocycles. The second kappa shape index (κ2) is 6.17. The predicted molar refractivity (Wildman–Crippen MR) is 121 cm³/mol. The molecule has 0 saturated carbocycles. The molecule has 1 aliphatic rings. The van der Waals surface area contributed by atoms with Gasteiger partial charge in [0.05, 0.1) is 0 Å². The van der Waals surface area contributed by atoms with Crippen molar-refractivity contribution < 1.29 is 5.11 Å². The van der Waals surface area contributed by atoms with Crippen LogP contribution in [0.2, 0.25) is 0 Å². The van der Waals surface area contributed by atoms with E-state index in [9.17, 15) is 5.11 Å². The molecule has 0 radical (unpaired) electrons. The monoisotopic (exact) mass is 374 g/mol. The molecule has 140 valence electrons. The number of aryl methyl sites for hydroxylation is 1. The summed E-state index contributed by atoms with van der Waals surface area (Å²) < 4.78 is 0. The second-order valence-corrected chi connectivity index (χ2v) is 8.26. The third-order valence-electron chi connectivity index (χ3n) is 6.63. The Labute approximate surface area is 170 Å². The Hall–Kier alpha value is -3.16. The molecule has 1 N–H and O–H groups in total. The maximum absolute atomic E-state index is 12.1. The van der Waals surface area contributed by atoms with E-state index in [1.165, 1.54) is 32.5 Å². The molecule has 1 unspecified atom stereocenters. The lowest BCUT2D eigenvalue weighted by Gasteiger charge is -2.36. The maximum Gasteiger partial charge on any atom is 0.115 e. The summed E-state index contributed by atoms with van der Waals surface area (Å²) in [5.41, 5.74) is 2.42. The van der Waals surface area contributed by atoms with E-state index >= 15 is 0 Å². The van der Waals surface area contributed by atoms with E-state index in [1.807, 2.05) is 0 Å². The zero-order valence-corrected chi connectivity index (χ0v) is 16.2. The molecule has 0 aliphatic heterocycles. The molecule has 1 atom stereocenters. The first-order valence-electron chi connectivity index (χ1n) is 10.4. The second-order valence-electron chi connectivity index (χ2n) is 8.26. The fourth-order valence-corrected chi connectivity index (χ4v) is 5.23. The summed E-state index contributed by atoms with van der Waals surface area (Å²) in [7, 11) is 0. The fourth-order valence-electron chi connectivity index (χ4n) is 5.23. The van der Waals surface area contributed by atoms with Crippen LogP contribution in [-0.2, 0) is 12.0 Å². The van der Waals surface area contributed by atoms with Crippen LogP contribution in [0.4, 0.5) is 0 Å². The summed E-state index contributed by atoms with van der Waals surface area (Å²) in [6, 6.07) is 32.2. The lowest BCUT2D eigenvalue weighted by atomic mass is 9.73. The smallest absolute Gasteiger partial charge is 0.115 e. The van der Waals surface area contributed by atoms with Gasteiger partial charge >= 0.3 is 0 Å². The highest BCUT2D eigenvalue weighted by atomic mass is 16.3. The third-order valence-corrected chi connectivity index (χ3v) is 6.63. The molecule has 29 heavy (non-hydrogen) atoms. The third kappa shape index (κ3) is 2.44. The number of rotatable bonds is 1. The molecular weight excluding hydrogens is 352 g/mol. The normalized spacial score (nSPS) is 18.9. The molecular formula is C28H22O. The highest BCUT2D eigenvalue weighted by Crippen LogP contribution is 2.44. The largest absolute Gasteiger partial charge is 0.380 e. The summed E-state index contributed by atoms with van der Waals surface area (Å²) in [4.78, 5) is 0. The summed E-state index contributed by atoms with van der Waals surface area (Å²) >= 11 is 0. The van der Waals surface area contributed by atoms with E-state index in [2.05, 4.69) is 91.0 Å². The lowest BCUT2D eigenvalue weighted by Crippen LogP contribution is -2.32. The number of fused-ring (bicyclic) bond motifs is 5. The molecule has 0 aromatic heterocycles. The van der Waals surface area contributed by atoms with Gasteiger partial charge in [0.1, 0.15) is 5.60 Å². The van der Waals surface area contributed by atoms with Crippen molar-refractivity contribution in [3.8, 4) is 0 Å². The Balaban J connectivity index is 1.65. The molecule has 0 amide bonds. The maximum atomic E-state index is 12.1. The van der Waals surface area contributed by atoms with E-state index < -0.39 is 5.60 Å². The SMILES string of the molecule is OC1(c2cccc3ccccc23)CCCc2cc3c(ccc4ccccc43)cc21. The van der Waals surface area contributed by atoms with Crippen molar-refractivity contribution in [2.75, 3.05) is 0 Å². The van der Waals surface area contributed by atoms with E-state index in [4.69, 9.17) is 0 Å². The van der Waals surface area contributed by atoms with Crippen LogP contribution in [0.3, 0.4) is 0 Å². The van der Waals surface area contributed by atoms with Crippen molar-refractivity contribution in [1.29, 1.82) is 0 Å². The Morgan fingerprint density at radius 2 is 1.28 bits per heavy atom. The minimum absolute atomic E-state index is 0.757. The highest BCUT2D eigenvalue weighted by Gasteiger charge is 2.37. The molecule has 1 nitrogen and oxygen atoms in total. The number of hydrogen-bond acceptors (Lipinski definition) is 1. The number of aliphatic hydroxyl groups is 1. The Bertz CT molecular complexity index is 1390. The minimum atomic E-state index is -0.950. The van der Waals surface area contributed by atoms with E-state index in [-0.39, 0.29) is 0 Å². The summed E-state index contributed by atoms with van der Waals surface area (Å²) in [5.74, 6) is 0. The zero-order valence-electron chi connectivity index (χ0n) is 16.2. The van der Waals surface area contributed by atoms with E-state index in [1.54, 1.807) is 0 Å². The summed E-state index contributed by atoms with van der Waals surface area (Å²) in [6.45, 7) is 0. The van der Waals surface area contributed by atoms with Crippen molar-refractivity contribution in [3.63, 3.8) is 0 Å². The van der Waals surface area contributed by atoms with Crippen molar-refractivity contribution in [3.05, 3.63) is 108 Å². The molecule has 0 bridgehead atoms. The van der Waals surface area contributed by atoms with Crippen LogP contribution in [0.1, 0.15) is 29.5 Å². The van der Waals surface area contributed by atoms with Crippen molar-refractivity contribution in [2.24, 2.45) is 0 Å². The van der Waals surface area contributed by atoms with Crippen LogP contribution >= 0.6 is 0 Å². The van der Waals surface area contributed by atoms with Gasteiger partial charge in [-0.25, -0.2) is 0 Å². The average Bonchev–Trinajstić information content (AvgIpc) is 2.78. The van der Waals surface area contributed by atoms with Gasteiger partial charge in [0.2, 0.25) is 0 Å². The van der Waals surface area contributed by atoms with Gasteiger partial charge in [-0.15, -0.1) is 0 Å². The fraction of sp³-hybridized carbons (Fsp3) is 0.143. The van der Waals surface area contributed by atoms with Gasteiger partial charge in [-0.1, -0.05) is 84.9 Å². The summed E-state index contributed by atoms with van der Waals surface area (Å²) in [5, 5.41) is 19.4. The average molecular weight is 374 g/mol. The zero-order chi connectivity index (χ0) is 19.4. The Kier molecular flexibility index (Phi) is 3.57. The Morgan fingerprint density at radius 3 is 2.14 bits per heavy atom. The van der Waals surface area contributed by atoms with Crippen molar-refractivity contribution >= 4 is 32.3 Å². The van der Waals surface area contributed by atoms with E-state index in [0.29, 0.717) is 0 Å². The standard InChI is InChI=1S/C28H22O/c29-28(26-13-5-9-19-7-2-4-12-24(19)26)16-6-10-22-17-25-21(18-27(22)28)15-14-20-8-1-3-11-23(20)25/h1-5,7-9,11-15,17-18,29H,6,10,16H2. The van der Waals surface area contributed by atoms with Gasteiger partial charge < -0.3 is 5.11 Å². The molecule has 5 aromatic carbocycles. The minimum Gasteiger partial charge on any atom is -0.380 e. The first-order chi connectivity index (χ1) is 14.2. The van der Waals surface area contributed by atoms with Crippen LogP contribution < -0.4 is 0 Å².